The molecule has 5 aliphatic rings. The molecule has 1 N–H and O–H groups in total. The smallest absolute Gasteiger partial charge is 0.275 e. The highest BCUT2D eigenvalue weighted by Gasteiger charge is 2.64. The van der Waals surface area contributed by atoms with Crippen LogP contribution in [0.1, 0.15) is 86.3 Å². The summed E-state index contributed by atoms with van der Waals surface area (Å²) in [6, 6.07) is 15.6. The van der Waals surface area contributed by atoms with Gasteiger partial charge in [0.2, 0.25) is 5.91 Å². The summed E-state index contributed by atoms with van der Waals surface area (Å²) < 4.78 is 27.2. The van der Waals surface area contributed by atoms with Crippen LogP contribution in [0.25, 0.3) is 11.3 Å². The highest BCUT2D eigenvalue weighted by molar-refractivity contribution is 6.01. The van der Waals surface area contributed by atoms with Crippen molar-refractivity contribution in [3.05, 3.63) is 65.9 Å². The van der Waals surface area contributed by atoms with Gasteiger partial charge in [0.1, 0.15) is 35.7 Å². The van der Waals surface area contributed by atoms with E-state index in [4.69, 9.17) is 18.9 Å². The third-order valence-corrected chi connectivity index (χ3v) is 10.4. The molecule has 1 spiro atoms. The van der Waals surface area contributed by atoms with Gasteiger partial charge in [0.25, 0.3) is 5.91 Å². The number of methoxy groups -OCH3 is 1. The van der Waals surface area contributed by atoms with Gasteiger partial charge in [-0.15, -0.1) is 5.10 Å². The summed E-state index contributed by atoms with van der Waals surface area (Å²) >= 11 is 0. The average Bonchev–Trinajstić information content (AvgIpc) is 3.75. The van der Waals surface area contributed by atoms with Crippen LogP contribution in [0.5, 0.6) is 5.75 Å². The molecule has 0 bridgehead atoms. The number of carbonyl (C=O) groups excluding carboxylic acids is 2. The zero-order valence-electron chi connectivity index (χ0n) is 26.2. The van der Waals surface area contributed by atoms with Gasteiger partial charge in [-0.3, -0.25) is 9.59 Å². The lowest BCUT2D eigenvalue weighted by molar-refractivity contribution is -0.244. The van der Waals surface area contributed by atoms with Crippen molar-refractivity contribution in [2.45, 2.75) is 113 Å². The van der Waals surface area contributed by atoms with Gasteiger partial charge in [0, 0.05) is 31.0 Å². The summed E-state index contributed by atoms with van der Waals surface area (Å²) in [5.74, 6) is -0.565. The molecule has 242 valence electrons. The molecule has 1 unspecified atom stereocenters. The fraction of sp³-hybridized carbons (Fsp3) is 0.543. The van der Waals surface area contributed by atoms with Crippen molar-refractivity contribution >= 4 is 11.8 Å². The molecule has 11 nitrogen and oxygen atoms in total. The average molecular weight is 628 g/mol. The van der Waals surface area contributed by atoms with E-state index < -0.39 is 36.4 Å². The number of hydrogen-bond acceptors (Lipinski definition) is 8. The third-order valence-electron chi connectivity index (χ3n) is 10.4. The van der Waals surface area contributed by atoms with E-state index in [1.54, 1.807) is 16.7 Å². The summed E-state index contributed by atoms with van der Waals surface area (Å²) in [4.78, 5) is 31.1. The number of rotatable bonds is 6. The second-order valence-electron chi connectivity index (χ2n) is 13.3. The molecule has 2 amide bonds. The fourth-order valence-electron chi connectivity index (χ4n) is 8.09. The molecule has 8 rings (SSSR count). The molecule has 2 saturated carbocycles. The van der Waals surface area contributed by atoms with Gasteiger partial charge in [-0.05, 0) is 43.4 Å². The van der Waals surface area contributed by atoms with Crippen molar-refractivity contribution < 1.29 is 28.5 Å². The Morgan fingerprint density at radius 2 is 1.70 bits per heavy atom. The topological polar surface area (TPSA) is 117 Å². The van der Waals surface area contributed by atoms with E-state index in [9.17, 15) is 9.59 Å². The summed E-state index contributed by atoms with van der Waals surface area (Å²) in [5.41, 5.74) is 2.41. The molecule has 2 aliphatic carbocycles. The molecule has 3 aliphatic heterocycles. The lowest BCUT2D eigenvalue weighted by atomic mass is 9.93. The van der Waals surface area contributed by atoms with E-state index in [0.717, 1.165) is 68.9 Å². The maximum absolute atomic E-state index is 14.9. The molecule has 2 aromatic carbocycles. The quantitative estimate of drug-likeness (QED) is 0.416. The van der Waals surface area contributed by atoms with E-state index in [-0.39, 0.29) is 24.4 Å². The first-order valence-corrected chi connectivity index (χ1v) is 16.8. The van der Waals surface area contributed by atoms with E-state index >= 15 is 0 Å². The van der Waals surface area contributed by atoms with Gasteiger partial charge in [0.15, 0.2) is 17.8 Å². The highest BCUT2D eigenvalue weighted by atomic mass is 16.8. The largest absolute Gasteiger partial charge is 0.497 e. The Balaban J connectivity index is 1.24. The molecule has 11 heteroatoms. The second kappa shape index (κ2) is 12.1. The van der Waals surface area contributed by atoms with Crippen LogP contribution in [0.15, 0.2) is 54.6 Å². The zero-order chi connectivity index (χ0) is 31.3. The summed E-state index contributed by atoms with van der Waals surface area (Å²) in [7, 11) is 1.62. The van der Waals surface area contributed by atoms with Crippen molar-refractivity contribution in [1.82, 2.24) is 25.2 Å². The van der Waals surface area contributed by atoms with Crippen LogP contribution in [0.2, 0.25) is 0 Å². The van der Waals surface area contributed by atoms with E-state index in [2.05, 4.69) is 15.6 Å². The van der Waals surface area contributed by atoms with Crippen molar-refractivity contribution in [1.29, 1.82) is 0 Å². The predicted octanol–water partition coefficient (Wildman–Crippen LogP) is 4.77. The second-order valence-corrected chi connectivity index (χ2v) is 13.3. The Bertz CT molecular complexity index is 1570. The molecule has 2 saturated heterocycles. The van der Waals surface area contributed by atoms with Gasteiger partial charge in [0.05, 0.1) is 7.11 Å². The van der Waals surface area contributed by atoms with Crippen LogP contribution >= 0.6 is 0 Å². The number of hydrogen-bond donors (Lipinski definition) is 1. The number of nitrogens with one attached hydrogen (secondary N) is 1. The maximum Gasteiger partial charge on any atom is 0.275 e. The number of amides is 2. The number of aromatic nitrogens is 3. The van der Waals surface area contributed by atoms with E-state index in [1.165, 1.54) is 6.42 Å². The molecule has 46 heavy (non-hydrogen) atoms. The number of fused-ring (bicyclic) bond motifs is 5. The molecule has 0 radical (unpaired) electrons. The highest BCUT2D eigenvalue weighted by Crippen LogP contribution is 2.51. The standard InChI is InChI=1S/C35H41N5O6/c1-43-25-17-15-22(16-18-25)21-39-29(32(41)36-24-13-7-3-8-14-24)30-28(31-34(44-30)46-35(45-31)19-9-4-10-20-35)40-27(33(39)42)26(37-38-40)23-11-5-2-6-12-23/h2,5-6,11-12,15-18,24,28-31,34H,3-4,7-10,13-14,19-21H2,1H3,(H,36,41)/t28?,29-,30+,31-,34-/m1/s1. The van der Waals surface area contributed by atoms with Crippen LogP contribution in [0, 0.1) is 0 Å². The lowest BCUT2D eigenvalue weighted by Crippen LogP contribution is -2.57. The zero-order valence-corrected chi connectivity index (χ0v) is 26.2. The molecular weight excluding hydrogens is 586 g/mol. The molecule has 3 aromatic rings. The number of carbonyl (C=O) groups is 2. The number of nitrogens with zero attached hydrogens (tertiary/aromatic N) is 4. The van der Waals surface area contributed by atoms with Gasteiger partial charge in [-0.2, -0.15) is 0 Å². The van der Waals surface area contributed by atoms with Crippen LogP contribution < -0.4 is 10.1 Å². The number of ether oxygens (including phenoxy) is 4. The molecule has 1 aromatic heterocycles. The lowest BCUT2D eigenvalue weighted by Gasteiger charge is -2.37. The monoisotopic (exact) mass is 627 g/mol. The SMILES string of the molecule is COc1ccc(CN2C(=O)c3c(-c4ccccc4)nnn3C3[C@H]4OC5(CCCCC5)O[C@H]4O[C@@H]3[C@@H]2C(=O)NC2CCCCC2)cc1. The van der Waals surface area contributed by atoms with Crippen molar-refractivity contribution in [3.63, 3.8) is 0 Å². The Morgan fingerprint density at radius 1 is 0.957 bits per heavy atom. The third kappa shape index (κ3) is 5.18. The van der Waals surface area contributed by atoms with Crippen molar-refractivity contribution in [2.24, 2.45) is 0 Å². The first-order chi connectivity index (χ1) is 22.5. The molecule has 4 heterocycles. The molecular formula is C35H41N5O6. The van der Waals surface area contributed by atoms with Gasteiger partial charge in [-0.25, -0.2) is 4.68 Å². The Hall–Kier alpha value is -3.80. The summed E-state index contributed by atoms with van der Waals surface area (Å²) in [6.45, 7) is 0.179. The molecule has 5 atom stereocenters. The van der Waals surface area contributed by atoms with Crippen LogP contribution in [-0.4, -0.2) is 75.2 Å². The Labute approximate surface area is 268 Å². The summed E-state index contributed by atoms with van der Waals surface area (Å²) in [5, 5.41) is 12.5. The van der Waals surface area contributed by atoms with Gasteiger partial charge in [-0.1, -0.05) is 73.4 Å². The number of benzene rings is 2. The molecule has 4 fully saturated rings. The Kier molecular flexibility index (Phi) is 7.78. The minimum atomic E-state index is -0.952. The van der Waals surface area contributed by atoms with Crippen LogP contribution in [0.4, 0.5) is 0 Å². The minimum absolute atomic E-state index is 0.0541. The van der Waals surface area contributed by atoms with E-state index in [1.807, 2.05) is 54.6 Å². The first-order valence-electron chi connectivity index (χ1n) is 16.8. The van der Waals surface area contributed by atoms with Gasteiger partial charge >= 0.3 is 0 Å². The van der Waals surface area contributed by atoms with Crippen LogP contribution in [-0.2, 0) is 25.5 Å². The summed E-state index contributed by atoms with van der Waals surface area (Å²) in [6.07, 6.45) is 7.89. The van der Waals surface area contributed by atoms with Crippen LogP contribution in [0.3, 0.4) is 0 Å². The predicted molar refractivity (Wildman–Crippen MR) is 167 cm³/mol. The maximum atomic E-state index is 14.9. The Morgan fingerprint density at radius 3 is 2.43 bits per heavy atom. The normalized spacial score (nSPS) is 28.8. The van der Waals surface area contributed by atoms with E-state index in [0.29, 0.717) is 17.1 Å². The van der Waals surface area contributed by atoms with Crippen molar-refractivity contribution in [3.8, 4) is 17.0 Å². The van der Waals surface area contributed by atoms with Crippen molar-refractivity contribution in [2.75, 3.05) is 7.11 Å². The van der Waals surface area contributed by atoms with Gasteiger partial charge < -0.3 is 29.2 Å². The fourth-order valence-corrected chi connectivity index (χ4v) is 8.09. The first kappa shape index (κ1) is 29.6. The minimum Gasteiger partial charge on any atom is -0.497 e.